The fourth-order valence-corrected chi connectivity index (χ4v) is 4.31. The zero-order valence-corrected chi connectivity index (χ0v) is 13.0. The summed E-state index contributed by atoms with van der Waals surface area (Å²) in [5, 5.41) is 0. The molecule has 0 saturated heterocycles. The van der Waals surface area contributed by atoms with Crippen LogP contribution < -0.4 is 4.74 Å². The second kappa shape index (κ2) is 6.10. The first-order chi connectivity index (χ1) is 8.70. The van der Waals surface area contributed by atoms with Crippen LogP contribution in [0.25, 0.3) is 0 Å². The highest BCUT2D eigenvalue weighted by atomic mass is 79.9. The van der Waals surface area contributed by atoms with Crippen LogP contribution in [0.15, 0.2) is 24.3 Å². The van der Waals surface area contributed by atoms with Crippen molar-refractivity contribution in [3.05, 3.63) is 29.8 Å². The van der Waals surface area contributed by atoms with Crippen molar-refractivity contribution in [1.29, 1.82) is 0 Å². The Morgan fingerprint density at radius 3 is 2.33 bits per heavy atom. The monoisotopic (exact) mass is 310 g/mol. The molecule has 100 valence electrons. The van der Waals surface area contributed by atoms with E-state index in [0.29, 0.717) is 10.2 Å². The minimum atomic E-state index is 0.528. The first kappa shape index (κ1) is 13.9. The van der Waals surface area contributed by atoms with Gasteiger partial charge in [0.1, 0.15) is 5.75 Å². The van der Waals surface area contributed by atoms with Gasteiger partial charge in [-0.1, -0.05) is 47.8 Å². The molecule has 2 rings (SSSR count). The van der Waals surface area contributed by atoms with Gasteiger partial charge in [-0.15, -0.1) is 0 Å². The number of methoxy groups -OCH3 is 1. The quantitative estimate of drug-likeness (QED) is 0.698. The smallest absolute Gasteiger partial charge is 0.118 e. The van der Waals surface area contributed by atoms with Gasteiger partial charge in [-0.25, -0.2) is 0 Å². The van der Waals surface area contributed by atoms with Crippen molar-refractivity contribution in [3.63, 3.8) is 0 Å². The van der Waals surface area contributed by atoms with Gasteiger partial charge < -0.3 is 4.74 Å². The molecule has 1 saturated carbocycles. The first-order valence-electron chi connectivity index (χ1n) is 6.97. The summed E-state index contributed by atoms with van der Waals surface area (Å²) in [5.74, 6) is 0.941. The van der Waals surface area contributed by atoms with Crippen molar-refractivity contribution >= 4 is 15.9 Å². The van der Waals surface area contributed by atoms with E-state index >= 15 is 0 Å². The lowest BCUT2D eigenvalue weighted by atomic mass is 9.78. The second-order valence-corrected chi connectivity index (χ2v) is 6.55. The zero-order chi connectivity index (χ0) is 13.0. The molecule has 0 spiro atoms. The van der Waals surface area contributed by atoms with Crippen LogP contribution in [0.3, 0.4) is 0 Å². The largest absolute Gasteiger partial charge is 0.497 e. The molecule has 1 unspecified atom stereocenters. The molecule has 2 heteroatoms. The van der Waals surface area contributed by atoms with E-state index in [-0.39, 0.29) is 0 Å². The number of ether oxygens (including phenoxy) is 1. The summed E-state index contributed by atoms with van der Waals surface area (Å²) < 4.78 is 5.20. The van der Waals surface area contributed by atoms with Gasteiger partial charge in [0.2, 0.25) is 0 Å². The van der Waals surface area contributed by atoms with Crippen molar-refractivity contribution in [2.24, 2.45) is 5.41 Å². The highest BCUT2D eigenvalue weighted by molar-refractivity contribution is 9.09. The molecule has 1 nitrogen and oxygen atoms in total. The van der Waals surface area contributed by atoms with Crippen molar-refractivity contribution in [3.8, 4) is 5.75 Å². The van der Waals surface area contributed by atoms with Crippen LogP contribution in [0.5, 0.6) is 5.75 Å². The Balaban J connectivity index is 2.03. The number of rotatable bonds is 5. The molecule has 0 bridgehead atoms. The summed E-state index contributed by atoms with van der Waals surface area (Å²) >= 11 is 3.96. The van der Waals surface area contributed by atoms with Gasteiger partial charge in [0.05, 0.1) is 7.11 Å². The maximum Gasteiger partial charge on any atom is 0.118 e. The third kappa shape index (κ3) is 2.90. The predicted molar refractivity (Wildman–Crippen MR) is 80.6 cm³/mol. The Kier molecular flexibility index (Phi) is 4.71. The number of benzene rings is 1. The molecule has 0 aromatic heterocycles. The Morgan fingerprint density at radius 2 is 1.83 bits per heavy atom. The van der Waals surface area contributed by atoms with E-state index in [1.807, 2.05) is 0 Å². The van der Waals surface area contributed by atoms with Gasteiger partial charge in [-0.05, 0) is 48.8 Å². The van der Waals surface area contributed by atoms with Crippen LogP contribution in [-0.4, -0.2) is 11.9 Å². The average molecular weight is 311 g/mol. The summed E-state index contributed by atoms with van der Waals surface area (Å²) in [6, 6.07) is 8.49. The Hall–Kier alpha value is -0.500. The standard InChI is InChI=1S/C16H23BrO/c1-3-16(10-4-5-11-16)15(17)12-13-6-8-14(18-2)9-7-13/h6-9,15H,3-5,10-12H2,1-2H3. The van der Waals surface area contributed by atoms with Gasteiger partial charge in [0.25, 0.3) is 0 Å². The minimum absolute atomic E-state index is 0.528. The number of halogens is 1. The average Bonchev–Trinajstić information content (AvgIpc) is 2.89. The Morgan fingerprint density at radius 1 is 1.22 bits per heavy atom. The van der Waals surface area contributed by atoms with Gasteiger partial charge in [-0.3, -0.25) is 0 Å². The van der Waals surface area contributed by atoms with E-state index < -0.39 is 0 Å². The number of hydrogen-bond acceptors (Lipinski definition) is 1. The third-order valence-corrected chi connectivity index (χ3v) is 5.84. The van der Waals surface area contributed by atoms with Gasteiger partial charge in [0.15, 0.2) is 0 Å². The zero-order valence-electron chi connectivity index (χ0n) is 11.4. The van der Waals surface area contributed by atoms with Crippen LogP contribution >= 0.6 is 15.9 Å². The van der Waals surface area contributed by atoms with Crippen molar-refractivity contribution in [1.82, 2.24) is 0 Å². The first-order valence-corrected chi connectivity index (χ1v) is 7.89. The van der Waals surface area contributed by atoms with E-state index in [9.17, 15) is 0 Å². The predicted octanol–water partition coefficient (Wildman–Crippen LogP) is 4.97. The van der Waals surface area contributed by atoms with Crippen LogP contribution in [0.2, 0.25) is 0 Å². The normalized spacial score (nSPS) is 19.7. The summed E-state index contributed by atoms with van der Waals surface area (Å²) in [7, 11) is 1.72. The lowest BCUT2D eigenvalue weighted by Gasteiger charge is -2.33. The van der Waals surface area contributed by atoms with Crippen LogP contribution in [-0.2, 0) is 6.42 Å². The van der Waals surface area contributed by atoms with E-state index in [1.165, 1.54) is 37.7 Å². The third-order valence-electron chi connectivity index (χ3n) is 4.54. The summed E-state index contributed by atoms with van der Waals surface area (Å²) in [6.45, 7) is 2.34. The molecule has 0 radical (unpaired) electrons. The van der Waals surface area contributed by atoms with Crippen molar-refractivity contribution in [2.75, 3.05) is 7.11 Å². The number of alkyl halides is 1. The van der Waals surface area contributed by atoms with Crippen molar-refractivity contribution < 1.29 is 4.74 Å². The summed E-state index contributed by atoms with van der Waals surface area (Å²) in [5.41, 5.74) is 1.93. The minimum Gasteiger partial charge on any atom is -0.497 e. The molecule has 1 aromatic carbocycles. The highest BCUT2D eigenvalue weighted by Gasteiger charge is 2.38. The molecule has 0 heterocycles. The molecular formula is C16H23BrO. The molecule has 1 aromatic rings. The lowest BCUT2D eigenvalue weighted by Crippen LogP contribution is -2.29. The fourth-order valence-electron chi connectivity index (χ4n) is 3.15. The molecule has 1 atom stereocenters. The maximum absolute atomic E-state index is 5.20. The summed E-state index contributed by atoms with van der Waals surface area (Å²) in [4.78, 5) is 0.603. The van der Waals surface area contributed by atoms with Gasteiger partial charge in [-0.2, -0.15) is 0 Å². The molecule has 0 N–H and O–H groups in total. The Labute approximate surface area is 119 Å². The van der Waals surface area contributed by atoms with Crippen molar-refractivity contribution in [2.45, 2.75) is 50.3 Å². The van der Waals surface area contributed by atoms with Crippen LogP contribution in [0, 0.1) is 5.41 Å². The van der Waals surface area contributed by atoms with Crippen LogP contribution in [0.4, 0.5) is 0 Å². The number of hydrogen-bond donors (Lipinski definition) is 0. The molecule has 1 aliphatic rings. The molecule has 1 fully saturated rings. The maximum atomic E-state index is 5.20. The molecular weight excluding hydrogens is 288 g/mol. The molecule has 18 heavy (non-hydrogen) atoms. The van der Waals surface area contributed by atoms with E-state index in [4.69, 9.17) is 4.74 Å². The van der Waals surface area contributed by atoms with Gasteiger partial charge >= 0.3 is 0 Å². The second-order valence-electron chi connectivity index (χ2n) is 5.44. The Bertz CT molecular complexity index is 365. The highest BCUT2D eigenvalue weighted by Crippen LogP contribution is 2.47. The van der Waals surface area contributed by atoms with E-state index in [0.717, 1.165) is 12.2 Å². The SMILES string of the molecule is CCC1(C(Br)Cc2ccc(OC)cc2)CCCC1. The summed E-state index contributed by atoms with van der Waals surface area (Å²) in [6.07, 6.45) is 7.99. The van der Waals surface area contributed by atoms with Gasteiger partial charge in [0, 0.05) is 4.83 Å². The fraction of sp³-hybridized carbons (Fsp3) is 0.625. The lowest BCUT2D eigenvalue weighted by molar-refractivity contribution is 0.275. The van der Waals surface area contributed by atoms with E-state index in [1.54, 1.807) is 7.11 Å². The molecule has 1 aliphatic carbocycles. The molecule has 0 aliphatic heterocycles. The topological polar surface area (TPSA) is 9.23 Å². The molecule has 0 amide bonds. The van der Waals surface area contributed by atoms with Crippen LogP contribution in [0.1, 0.15) is 44.6 Å². The van der Waals surface area contributed by atoms with E-state index in [2.05, 4.69) is 47.1 Å².